The van der Waals surface area contributed by atoms with Crippen molar-refractivity contribution in [2.24, 2.45) is 5.73 Å². The first-order valence-corrected chi connectivity index (χ1v) is 3.17. The summed E-state index contributed by atoms with van der Waals surface area (Å²) in [6.45, 7) is 2.00. The van der Waals surface area contributed by atoms with E-state index in [9.17, 15) is 5.11 Å². The van der Waals surface area contributed by atoms with Crippen LogP contribution < -0.4 is 5.73 Å². The Labute approximate surface area is 49.7 Å². The van der Waals surface area contributed by atoms with Crippen LogP contribution in [0.25, 0.3) is 0 Å². The Bertz CT molecular complexity index is 88.5. The summed E-state index contributed by atoms with van der Waals surface area (Å²) in [4.78, 5) is 0. The lowest BCUT2D eigenvalue weighted by molar-refractivity contribution is 0.118. The molecule has 1 aliphatic rings. The predicted molar refractivity (Wildman–Crippen MR) is 32.5 cm³/mol. The Morgan fingerprint density at radius 1 is 1.75 bits per heavy atom. The number of aliphatic hydroxyl groups is 1. The SMILES string of the molecule is CC[C@@H](N)C1(O)CC1. The van der Waals surface area contributed by atoms with E-state index in [2.05, 4.69) is 0 Å². The summed E-state index contributed by atoms with van der Waals surface area (Å²) in [5, 5.41) is 9.27. The van der Waals surface area contributed by atoms with E-state index in [1.807, 2.05) is 6.92 Å². The highest BCUT2D eigenvalue weighted by Crippen LogP contribution is 2.38. The Kier molecular flexibility index (Phi) is 1.29. The Morgan fingerprint density at radius 2 is 2.25 bits per heavy atom. The summed E-state index contributed by atoms with van der Waals surface area (Å²) < 4.78 is 0. The van der Waals surface area contributed by atoms with Crippen molar-refractivity contribution in [1.82, 2.24) is 0 Å². The third-order valence-corrected chi connectivity index (χ3v) is 1.89. The molecule has 0 aliphatic heterocycles. The van der Waals surface area contributed by atoms with Gasteiger partial charge in [-0.2, -0.15) is 0 Å². The minimum absolute atomic E-state index is 0.0162. The van der Waals surface area contributed by atoms with Gasteiger partial charge in [0, 0.05) is 6.04 Å². The highest BCUT2D eigenvalue weighted by molar-refractivity contribution is 5.01. The fourth-order valence-electron chi connectivity index (χ4n) is 0.879. The van der Waals surface area contributed by atoms with Crippen molar-refractivity contribution >= 4 is 0 Å². The van der Waals surface area contributed by atoms with Gasteiger partial charge in [0.2, 0.25) is 0 Å². The highest BCUT2D eigenvalue weighted by Gasteiger charge is 2.44. The molecule has 2 nitrogen and oxygen atoms in total. The average molecular weight is 115 g/mol. The molecule has 0 radical (unpaired) electrons. The van der Waals surface area contributed by atoms with Gasteiger partial charge in [-0.15, -0.1) is 0 Å². The third-order valence-electron chi connectivity index (χ3n) is 1.89. The molecule has 0 spiro atoms. The first kappa shape index (κ1) is 6.05. The van der Waals surface area contributed by atoms with Crippen molar-refractivity contribution in [3.05, 3.63) is 0 Å². The maximum Gasteiger partial charge on any atom is 0.0800 e. The van der Waals surface area contributed by atoms with Crippen molar-refractivity contribution in [3.63, 3.8) is 0 Å². The lowest BCUT2D eigenvalue weighted by Gasteiger charge is -2.14. The quantitative estimate of drug-likeness (QED) is 0.542. The Hall–Kier alpha value is -0.0800. The zero-order valence-electron chi connectivity index (χ0n) is 5.22. The highest BCUT2D eigenvalue weighted by atomic mass is 16.3. The summed E-state index contributed by atoms with van der Waals surface area (Å²) >= 11 is 0. The van der Waals surface area contributed by atoms with Gasteiger partial charge in [-0.25, -0.2) is 0 Å². The van der Waals surface area contributed by atoms with Crippen LogP contribution in [0.1, 0.15) is 26.2 Å². The minimum atomic E-state index is -0.464. The first-order valence-electron chi connectivity index (χ1n) is 3.17. The molecule has 3 N–H and O–H groups in total. The lowest BCUT2D eigenvalue weighted by Crippen LogP contribution is -2.35. The van der Waals surface area contributed by atoms with Gasteiger partial charge in [0.1, 0.15) is 0 Å². The predicted octanol–water partition coefficient (Wildman–Crippen LogP) is 0.249. The van der Waals surface area contributed by atoms with Crippen LogP contribution in [0.2, 0.25) is 0 Å². The topological polar surface area (TPSA) is 46.2 Å². The van der Waals surface area contributed by atoms with Gasteiger partial charge in [0.05, 0.1) is 5.60 Å². The van der Waals surface area contributed by atoms with Crippen LogP contribution in [0.3, 0.4) is 0 Å². The van der Waals surface area contributed by atoms with E-state index in [-0.39, 0.29) is 6.04 Å². The number of hydrogen-bond acceptors (Lipinski definition) is 2. The molecular formula is C6H13NO. The third kappa shape index (κ3) is 0.858. The molecule has 0 bridgehead atoms. The van der Waals surface area contributed by atoms with E-state index in [4.69, 9.17) is 5.73 Å². The zero-order valence-corrected chi connectivity index (χ0v) is 5.22. The molecule has 2 heteroatoms. The zero-order chi connectivity index (χ0) is 6.20. The molecule has 0 aromatic carbocycles. The lowest BCUT2D eigenvalue weighted by atomic mass is 10.1. The molecule has 0 heterocycles. The van der Waals surface area contributed by atoms with Crippen molar-refractivity contribution in [2.45, 2.75) is 37.8 Å². The van der Waals surface area contributed by atoms with Crippen molar-refractivity contribution in [1.29, 1.82) is 0 Å². The molecule has 1 fully saturated rings. The minimum Gasteiger partial charge on any atom is -0.388 e. The first-order chi connectivity index (χ1) is 3.69. The van der Waals surface area contributed by atoms with Crippen LogP contribution in [-0.2, 0) is 0 Å². The van der Waals surface area contributed by atoms with Gasteiger partial charge >= 0.3 is 0 Å². The van der Waals surface area contributed by atoms with Crippen LogP contribution in [0.5, 0.6) is 0 Å². The van der Waals surface area contributed by atoms with Gasteiger partial charge in [-0.1, -0.05) is 6.92 Å². The maximum atomic E-state index is 9.27. The van der Waals surface area contributed by atoms with Crippen molar-refractivity contribution < 1.29 is 5.11 Å². The molecular weight excluding hydrogens is 102 g/mol. The van der Waals surface area contributed by atoms with Crippen LogP contribution >= 0.6 is 0 Å². The molecule has 48 valence electrons. The van der Waals surface area contributed by atoms with Gasteiger partial charge in [0.15, 0.2) is 0 Å². The molecule has 1 saturated carbocycles. The van der Waals surface area contributed by atoms with Crippen molar-refractivity contribution in [2.75, 3.05) is 0 Å². The monoisotopic (exact) mass is 115 g/mol. The molecule has 0 unspecified atom stereocenters. The van der Waals surface area contributed by atoms with E-state index >= 15 is 0 Å². The van der Waals surface area contributed by atoms with E-state index in [1.165, 1.54) is 0 Å². The second-order valence-corrected chi connectivity index (χ2v) is 2.62. The fraction of sp³-hybridized carbons (Fsp3) is 1.00. The van der Waals surface area contributed by atoms with Crippen LogP contribution in [0.4, 0.5) is 0 Å². The van der Waals surface area contributed by atoms with Crippen LogP contribution in [0.15, 0.2) is 0 Å². The Morgan fingerprint density at radius 3 is 2.38 bits per heavy atom. The largest absolute Gasteiger partial charge is 0.388 e. The molecule has 1 aliphatic carbocycles. The second kappa shape index (κ2) is 1.71. The summed E-state index contributed by atoms with van der Waals surface area (Å²) in [6, 6.07) is 0.0162. The van der Waals surface area contributed by atoms with Gasteiger partial charge < -0.3 is 10.8 Å². The van der Waals surface area contributed by atoms with E-state index in [1.54, 1.807) is 0 Å². The van der Waals surface area contributed by atoms with E-state index in [0.717, 1.165) is 19.3 Å². The number of rotatable bonds is 2. The van der Waals surface area contributed by atoms with Crippen molar-refractivity contribution in [3.8, 4) is 0 Å². The molecule has 0 amide bonds. The summed E-state index contributed by atoms with van der Waals surface area (Å²) in [5.41, 5.74) is 5.10. The summed E-state index contributed by atoms with van der Waals surface area (Å²) in [7, 11) is 0. The molecule has 0 saturated heterocycles. The molecule has 0 aromatic rings. The Balaban J connectivity index is 2.34. The second-order valence-electron chi connectivity index (χ2n) is 2.62. The van der Waals surface area contributed by atoms with Gasteiger partial charge in [-0.3, -0.25) is 0 Å². The fourth-order valence-corrected chi connectivity index (χ4v) is 0.879. The summed E-state index contributed by atoms with van der Waals surface area (Å²) in [6.07, 6.45) is 2.69. The normalized spacial score (nSPS) is 27.4. The summed E-state index contributed by atoms with van der Waals surface area (Å²) in [5.74, 6) is 0. The number of hydrogen-bond donors (Lipinski definition) is 2. The van der Waals surface area contributed by atoms with Gasteiger partial charge in [-0.05, 0) is 19.3 Å². The van der Waals surface area contributed by atoms with Crippen LogP contribution in [-0.4, -0.2) is 16.7 Å². The molecule has 8 heavy (non-hydrogen) atoms. The standard InChI is InChI=1S/C6H13NO/c1-2-5(7)6(8)3-4-6/h5,8H,2-4,7H2,1H3/t5-/m1/s1. The van der Waals surface area contributed by atoms with Crippen LogP contribution in [0, 0.1) is 0 Å². The molecule has 1 atom stereocenters. The smallest absolute Gasteiger partial charge is 0.0800 e. The van der Waals surface area contributed by atoms with E-state index < -0.39 is 5.60 Å². The maximum absolute atomic E-state index is 9.27. The number of nitrogens with two attached hydrogens (primary N) is 1. The average Bonchev–Trinajstić information content (AvgIpc) is 2.47. The molecule has 0 aromatic heterocycles. The molecule has 1 rings (SSSR count). The van der Waals surface area contributed by atoms with Gasteiger partial charge in [0.25, 0.3) is 0 Å². The van der Waals surface area contributed by atoms with E-state index in [0.29, 0.717) is 0 Å².